The number of ether oxygens (including phenoxy) is 2. The second-order valence-electron chi connectivity index (χ2n) is 2.54. The Hall–Kier alpha value is -0.730. The molecule has 0 bridgehead atoms. The van der Waals surface area contributed by atoms with E-state index in [2.05, 4.69) is 6.07 Å². The molecular weight excluding hydrogens is 188 g/mol. The van der Waals surface area contributed by atoms with Crippen molar-refractivity contribution >= 4 is 11.6 Å². The van der Waals surface area contributed by atoms with Crippen LogP contribution >= 0.6 is 11.6 Å². The van der Waals surface area contributed by atoms with Crippen LogP contribution in [-0.4, -0.2) is 13.4 Å². The van der Waals surface area contributed by atoms with Crippen LogP contribution in [-0.2, 0) is 4.74 Å². The third-order valence-electron chi connectivity index (χ3n) is 1.62. The minimum atomic E-state index is -0.254. The summed E-state index contributed by atoms with van der Waals surface area (Å²) in [6.45, 7) is 1.98. The number of hydrogen-bond acceptors (Lipinski definition) is 2. The van der Waals surface area contributed by atoms with Crippen LogP contribution in [0.1, 0.15) is 13.3 Å². The van der Waals surface area contributed by atoms with Crippen LogP contribution < -0.4 is 4.74 Å². The molecule has 1 radical (unpaired) electrons. The molecule has 2 nitrogen and oxygen atoms in total. The van der Waals surface area contributed by atoms with Crippen molar-refractivity contribution in [1.82, 2.24) is 0 Å². The van der Waals surface area contributed by atoms with Gasteiger partial charge in [0.15, 0.2) is 6.29 Å². The smallest absolute Gasteiger partial charge is 0.199 e. The molecule has 1 rings (SSSR count). The molecule has 0 saturated heterocycles. The molecule has 1 atom stereocenters. The van der Waals surface area contributed by atoms with Crippen LogP contribution in [0.3, 0.4) is 0 Å². The fourth-order valence-corrected chi connectivity index (χ4v) is 1.09. The van der Waals surface area contributed by atoms with E-state index in [0.29, 0.717) is 10.8 Å². The average molecular weight is 200 g/mol. The summed E-state index contributed by atoms with van der Waals surface area (Å²) in [4.78, 5) is 0. The zero-order chi connectivity index (χ0) is 9.68. The van der Waals surface area contributed by atoms with Gasteiger partial charge in [-0.05, 0) is 6.07 Å². The highest BCUT2D eigenvalue weighted by atomic mass is 35.5. The Bertz CT molecular complexity index is 259. The number of hydrogen-bond donors (Lipinski definition) is 0. The van der Waals surface area contributed by atoms with E-state index >= 15 is 0 Å². The Morgan fingerprint density at radius 3 is 2.92 bits per heavy atom. The van der Waals surface area contributed by atoms with E-state index < -0.39 is 0 Å². The minimum absolute atomic E-state index is 0.254. The van der Waals surface area contributed by atoms with Crippen molar-refractivity contribution in [1.29, 1.82) is 0 Å². The summed E-state index contributed by atoms with van der Waals surface area (Å²) in [5.74, 6) is 0.540. The van der Waals surface area contributed by atoms with Gasteiger partial charge in [0, 0.05) is 19.6 Å². The second kappa shape index (κ2) is 5.10. The molecule has 71 valence electrons. The normalized spacial score (nSPS) is 12.5. The standard InChI is InChI=1S/C10H12ClO2/c1-3-10(12-2)13-9-7-5-4-6-8(9)11/h4-6,10H,3H2,1-2H3. The summed E-state index contributed by atoms with van der Waals surface area (Å²) < 4.78 is 10.5. The molecule has 1 aromatic carbocycles. The van der Waals surface area contributed by atoms with E-state index in [4.69, 9.17) is 21.1 Å². The predicted octanol–water partition coefficient (Wildman–Crippen LogP) is 2.90. The van der Waals surface area contributed by atoms with Gasteiger partial charge >= 0.3 is 0 Å². The highest BCUT2D eigenvalue weighted by molar-refractivity contribution is 6.32. The third kappa shape index (κ3) is 2.90. The van der Waals surface area contributed by atoms with Crippen molar-refractivity contribution in [3.05, 3.63) is 29.3 Å². The van der Waals surface area contributed by atoms with E-state index in [1.54, 1.807) is 19.2 Å². The van der Waals surface area contributed by atoms with Crippen molar-refractivity contribution in [2.24, 2.45) is 0 Å². The number of benzene rings is 1. The van der Waals surface area contributed by atoms with Gasteiger partial charge in [-0.1, -0.05) is 30.7 Å². The third-order valence-corrected chi connectivity index (χ3v) is 1.91. The molecule has 3 heteroatoms. The zero-order valence-electron chi connectivity index (χ0n) is 7.71. The Morgan fingerprint density at radius 2 is 2.38 bits per heavy atom. The lowest BCUT2D eigenvalue weighted by atomic mass is 10.3. The first kappa shape index (κ1) is 10.4. The van der Waals surface area contributed by atoms with E-state index in [1.165, 1.54) is 0 Å². The van der Waals surface area contributed by atoms with Crippen molar-refractivity contribution in [3.63, 3.8) is 0 Å². The Kier molecular flexibility index (Phi) is 4.06. The lowest BCUT2D eigenvalue weighted by molar-refractivity contribution is -0.0549. The van der Waals surface area contributed by atoms with E-state index in [1.807, 2.05) is 13.0 Å². The van der Waals surface area contributed by atoms with Gasteiger partial charge in [0.1, 0.15) is 5.75 Å². The quantitative estimate of drug-likeness (QED) is 0.695. The topological polar surface area (TPSA) is 18.5 Å². The van der Waals surface area contributed by atoms with Crippen LogP contribution in [0, 0.1) is 6.07 Å². The molecule has 1 unspecified atom stereocenters. The van der Waals surface area contributed by atoms with Gasteiger partial charge in [-0.15, -0.1) is 0 Å². The molecule has 1 aromatic rings. The number of para-hydroxylation sites is 1. The monoisotopic (exact) mass is 199 g/mol. The van der Waals surface area contributed by atoms with Crippen LogP contribution in [0.5, 0.6) is 5.75 Å². The Morgan fingerprint density at radius 1 is 1.62 bits per heavy atom. The largest absolute Gasteiger partial charge is 0.463 e. The van der Waals surface area contributed by atoms with Crippen molar-refractivity contribution in [2.75, 3.05) is 7.11 Å². The molecule has 0 aliphatic rings. The molecule has 0 fully saturated rings. The van der Waals surface area contributed by atoms with Crippen LogP contribution in [0.15, 0.2) is 18.2 Å². The van der Waals surface area contributed by atoms with E-state index in [9.17, 15) is 0 Å². The number of methoxy groups -OCH3 is 1. The maximum atomic E-state index is 5.87. The number of halogens is 1. The first-order valence-corrected chi connectivity index (χ1v) is 4.51. The van der Waals surface area contributed by atoms with Gasteiger partial charge in [0.05, 0.1) is 5.02 Å². The maximum Gasteiger partial charge on any atom is 0.199 e. The van der Waals surface area contributed by atoms with Gasteiger partial charge in [-0.2, -0.15) is 0 Å². The minimum Gasteiger partial charge on any atom is -0.463 e. The second-order valence-corrected chi connectivity index (χ2v) is 2.95. The van der Waals surface area contributed by atoms with Gasteiger partial charge in [-0.3, -0.25) is 0 Å². The first-order chi connectivity index (χ1) is 6.27. The fourth-order valence-electron chi connectivity index (χ4n) is 0.921. The highest BCUT2D eigenvalue weighted by Crippen LogP contribution is 2.24. The van der Waals surface area contributed by atoms with Gasteiger partial charge in [-0.25, -0.2) is 0 Å². The van der Waals surface area contributed by atoms with Crippen LogP contribution in [0.4, 0.5) is 0 Å². The molecule has 0 aliphatic carbocycles. The summed E-state index contributed by atoms with van der Waals surface area (Å²) in [7, 11) is 1.60. The summed E-state index contributed by atoms with van der Waals surface area (Å²) in [5, 5.41) is 0.554. The maximum absolute atomic E-state index is 5.87. The molecule has 0 aromatic heterocycles. The summed E-state index contributed by atoms with van der Waals surface area (Å²) >= 11 is 5.87. The van der Waals surface area contributed by atoms with E-state index in [-0.39, 0.29) is 6.29 Å². The van der Waals surface area contributed by atoms with Gasteiger partial charge < -0.3 is 9.47 Å². The van der Waals surface area contributed by atoms with Gasteiger partial charge in [0.25, 0.3) is 0 Å². The lowest BCUT2D eigenvalue weighted by Crippen LogP contribution is -2.17. The molecule has 0 amide bonds. The van der Waals surface area contributed by atoms with Gasteiger partial charge in [0.2, 0.25) is 0 Å². The summed E-state index contributed by atoms with van der Waals surface area (Å²) in [6, 6.07) is 8.22. The van der Waals surface area contributed by atoms with Crippen molar-refractivity contribution in [3.8, 4) is 5.75 Å². The first-order valence-electron chi connectivity index (χ1n) is 4.13. The SMILES string of the molecule is CCC(OC)Oc1[c]cccc1Cl. The number of rotatable bonds is 4. The van der Waals surface area contributed by atoms with Crippen molar-refractivity contribution < 1.29 is 9.47 Å². The Balaban J connectivity index is 2.67. The molecule has 0 N–H and O–H groups in total. The van der Waals surface area contributed by atoms with Crippen LogP contribution in [0.2, 0.25) is 5.02 Å². The predicted molar refractivity (Wildman–Crippen MR) is 52.0 cm³/mol. The van der Waals surface area contributed by atoms with Crippen molar-refractivity contribution in [2.45, 2.75) is 19.6 Å². The molecule has 0 heterocycles. The van der Waals surface area contributed by atoms with E-state index in [0.717, 1.165) is 6.42 Å². The average Bonchev–Trinajstić information content (AvgIpc) is 2.17. The van der Waals surface area contributed by atoms with Crippen LogP contribution in [0.25, 0.3) is 0 Å². The highest BCUT2D eigenvalue weighted by Gasteiger charge is 2.07. The Labute approximate surface area is 83.4 Å². The molecule has 13 heavy (non-hydrogen) atoms. The summed E-state index contributed by atoms with van der Waals surface area (Å²) in [6.07, 6.45) is 0.520. The fraction of sp³-hybridized carbons (Fsp3) is 0.400. The molecule has 0 spiro atoms. The molecule has 0 aliphatic heterocycles. The summed E-state index contributed by atoms with van der Waals surface area (Å²) in [5.41, 5.74) is 0. The lowest BCUT2D eigenvalue weighted by Gasteiger charge is -2.15. The zero-order valence-corrected chi connectivity index (χ0v) is 8.47. The molecular formula is C10H12ClO2. The molecule has 0 saturated carbocycles.